The number of hydrogen-bond donors (Lipinski definition) is 0. The molecule has 6 rings (SSSR count). The average Bonchev–Trinajstić information content (AvgIpc) is 3.26. The van der Waals surface area contributed by atoms with E-state index in [0.717, 1.165) is 25.1 Å². The fourth-order valence-corrected chi connectivity index (χ4v) is 6.93. The molecule has 134 valence electrons. The molecule has 1 spiro atoms. The van der Waals surface area contributed by atoms with E-state index in [9.17, 15) is 4.79 Å². The number of allylic oxidation sites excluding steroid dienone is 1. The molecule has 0 aliphatic carbocycles. The van der Waals surface area contributed by atoms with Crippen LogP contribution in [0.2, 0.25) is 0 Å². The molecule has 0 amide bonds. The number of rotatable bonds is 1. The number of nitrogens with zero attached hydrogens (tertiary/aromatic N) is 1. The second kappa shape index (κ2) is 4.07. The molecule has 5 fully saturated rings. The summed E-state index contributed by atoms with van der Waals surface area (Å²) in [6, 6.07) is 0.490. The Hall–Kier alpha value is -1.53. The van der Waals surface area contributed by atoms with E-state index in [4.69, 9.17) is 18.9 Å². The number of methoxy groups -OCH3 is 1. The second-order valence-electron chi connectivity index (χ2n) is 8.55. The van der Waals surface area contributed by atoms with E-state index in [-0.39, 0.29) is 29.4 Å². The predicted molar refractivity (Wildman–Crippen MR) is 85.8 cm³/mol. The maximum Gasteiger partial charge on any atom is 0.343 e. The minimum atomic E-state index is -0.557. The van der Waals surface area contributed by atoms with Crippen LogP contribution in [0.4, 0.5) is 0 Å². The quantitative estimate of drug-likeness (QED) is 0.677. The molecule has 0 N–H and O–H groups in total. The summed E-state index contributed by atoms with van der Waals surface area (Å²) in [6.07, 6.45) is 2.45. The first-order chi connectivity index (χ1) is 11.9. The summed E-state index contributed by atoms with van der Waals surface area (Å²) in [6.45, 7) is 7.39. The molecule has 6 nitrogen and oxygen atoms in total. The first kappa shape index (κ1) is 14.6. The minimum absolute atomic E-state index is 0.100. The van der Waals surface area contributed by atoms with E-state index in [1.165, 1.54) is 0 Å². The molecule has 0 aromatic rings. The Bertz CT molecular complexity index is 787. The Morgan fingerprint density at radius 1 is 1.36 bits per heavy atom. The summed E-state index contributed by atoms with van der Waals surface area (Å²) in [5.74, 6) is 1.58. The third kappa shape index (κ3) is 1.29. The van der Waals surface area contributed by atoms with Crippen LogP contribution in [0.15, 0.2) is 22.9 Å². The van der Waals surface area contributed by atoms with E-state index in [1.807, 2.05) is 0 Å². The number of ether oxygens (including phenoxy) is 4. The fourth-order valence-electron chi connectivity index (χ4n) is 6.93. The summed E-state index contributed by atoms with van der Waals surface area (Å²) >= 11 is 0. The SMILES string of the molecule is COC1=C(C)C(=O)O/C1=C1\O[C@@]23O[C@H]4C[C@H]([C@H]2[C@@H]1C)N1CC[C@@H]3[C@@]41C. The number of cyclic esters (lactones) is 1. The van der Waals surface area contributed by atoms with Crippen LogP contribution in [0.1, 0.15) is 33.6 Å². The van der Waals surface area contributed by atoms with Gasteiger partial charge in [-0.2, -0.15) is 0 Å². The molecule has 1 unspecified atom stereocenters. The summed E-state index contributed by atoms with van der Waals surface area (Å²) in [5.41, 5.74) is 0.600. The highest BCUT2D eigenvalue weighted by Crippen LogP contribution is 2.72. The smallest absolute Gasteiger partial charge is 0.343 e. The zero-order valence-corrected chi connectivity index (χ0v) is 15.0. The Labute approximate surface area is 146 Å². The topological polar surface area (TPSA) is 57.2 Å². The van der Waals surface area contributed by atoms with E-state index < -0.39 is 5.79 Å². The lowest BCUT2D eigenvalue weighted by Gasteiger charge is -2.47. The summed E-state index contributed by atoms with van der Waals surface area (Å²) in [7, 11) is 1.57. The molecule has 0 saturated carbocycles. The van der Waals surface area contributed by atoms with Gasteiger partial charge in [0.2, 0.25) is 11.5 Å². The molecule has 0 aromatic heterocycles. The summed E-state index contributed by atoms with van der Waals surface area (Å²) < 4.78 is 24.2. The Balaban J connectivity index is 1.52. The minimum Gasteiger partial charge on any atom is -0.492 e. The van der Waals surface area contributed by atoms with Crippen LogP contribution in [0.3, 0.4) is 0 Å². The van der Waals surface area contributed by atoms with Gasteiger partial charge in [-0.1, -0.05) is 6.92 Å². The van der Waals surface area contributed by atoms with Crippen molar-refractivity contribution >= 4 is 5.97 Å². The van der Waals surface area contributed by atoms with Crippen molar-refractivity contribution < 1.29 is 23.7 Å². The first-order valence-electron chi connectivity index (χ1n) is 9.28. The van der Waals surface area contributed by atoms with E-state index in [2.05, 4.69) is 18.7 Å². The molecule has 6 heterocycles. The number of carbonyl (C=O) groups is 1. The first-order valence-corrected chi connectivity index (χ1v) is 9.28. The standard InChI is InChI=1S/C19H23NO5/c1-8-13-10-7-12-18(3)11(5-6-20(10)18)19(13,24-12)25-15(8)16-14(22-4)9(2)17(21)23-16/h8,10-13H,5-7H2,1-4H3/b16-15-/t8-,10+,11+,12-,13+,18-,19+/m0/s1. The molecule has 6 aliphatic heterocycles. The van der Waals surface area contributed by atoms with Gasteiger partial charge in [-0.15, -0.1) is 0 Å². The van der Waals surface area contributed by atoms with Crippen molar-refractivity contribution in [2.24, 2.45) is 17.8 Å². The summed E-state index contributed by atoms with van der Waals surface area (Å²) in [5, 5.41) is 0. The van der Waals surface area contributed by atoms with Crippen molar-refractivity contribution in [2.75, 3.05) is 13.7 Å². The molecule has 0 radical (unpaired) electrons. The van der Waals surface area contributed by atoms with Gasteiger partial charge in [0.05, 0.1) is 30.2 Å². The molecule has 5 saturated heterocycles. The van der Waals surface area contributed by atoms with Crippen LogP contribution in [0.5, 0.6) is 0 Å². The lowest BCUT2D eigenvalue weighted by atomic mass is 9.71. The van der Waals surface area contributed by atoms with Crippen LogP contribution < -0.4 is 0 Å². The number of carbonyl (C=O) groups excluding carboxylic acids is 1. The van der Waals surface area contributed by atoms with Crippen molar-refractivity contribution in [1.29, 1.82) is 0 Å². The van der Waals surface area contributed by atoms with Crippen molar-refractivity contribution in [3.63, 3.8) is 0 Å². The van der Waals surface area contributed by atoms with Gasteiger partial charge >= 0.3 is 5.97 Å². The van der Waals surface area contributed by atoms with Crippen LogP contribution >= 0.6 is 0 Å². The highest BCUT2D eigenvalue weighted by Gasteiger charge is 2.83. The van der Waals surface area contributed by atoms with Crippen molar-refractivity contribution in [3.05, 3.63) is 22.9 Å². The number of fused-ring (bicyclic) bond motifs is 1. The number of piperidine rings is 1. The van der Waals surface area contributed by atoms with Gasteiger partial charge in [-0.3, -0.25) is 4.90 Å². The van der Waals surface area contributed by atoms with Crippen molar-refractivity contribution in [3.8, 4) is 0 Å². The normalized spacial score (nSPS) is 57.4. The largest absolute Gasteiger partial charge is 0.492 e. The van der Waals surface area contributed by atoms with Gasteiger partial charge in [-0.05, 0) is 33.2 Å². The molecule has 25 heavy (non-hydrogen) atoms. The fraction of sp³-hybridized carbons (Fsp3) is 0.737. The second-order valence-corrected chi connectivity index (χ2v) is 8.55. The molecule has 6 aliphatic rings. The monoisotopic (exact) mass is 345 g/mol. The predicted octanol–water partition coefficient (Wildman–Crippen LogP) is 1.92. The van der Waals surface area contributed by atoms with Gasteiger partial charge in [0, 0.05) is 17.9 Å². The van der Waals surface area contributed by atoms with Crippen LogP contribution in [0.25, 0.3) is 0 Å². The van der Waals surface area contributed by atoms with Crippen LogP contribution in [-0.2, 0) is 23.7 Å². The molecular formula is C19H23NO5. The van der Waals surface area contributed by atoms with Crippen LogP contribution in [0, 0.1) is 17.8 Å². The molecule has 5 bridgehead atoms. The van der Waals surface area contributed by atoms with Gasteiger partial charge in [0.25, 0.3) is 0 Å². The lowest BCUT2D eigenvalue weighted by Crippen LogP contribution is -2.60. The number of esters is 1. The maximum absolute atomic E-state index is 12.1. The zero-order chi connectivity index (χ0) is 17.3. The molecule has 0 aromatic carbocycles. The summed E-state index contributed by atoms with van der Waals surface area (Å²) in [4.78, 5) is 14.7. The third-order valence-electron chi connectivity index (χ3n) is 7.88. The van der Waals surface area contributed by atoms with Gasteiger partial charge in [0.1, 0.15) is 5.76 Å². The van der Waals surface area contributed by atoms with Gasteiger partial charge in [-0.25, -0.2) is 4.79 Å². The Kier molecular flexibility index (Phi) is 2.38. The van der Waals surface area contributed by atoms with Crippen molar-refractivity contribution in [2.45, 2.75) is 57.1 Å². The lowest BCUT2D eigenvalue weighted by molar-refractivity contribution is -0.255. The average molecular weight is 345 g/mol. The van der Waals surface area contributed by atoms with E-state index in [0.29, 0.717) is 29.1 Å². The van der Waals surface area contributed by atoms with Gasteiger partial charge < -0.3 is 18.9 Å². The molecular weight excluding hydrogens is 322 g/mol. The molecule has 8 atom stereocenters. The Morgan fingerprint density at radius 3 is 2.92 bits per heavy atom. The van der Waals surface area contributed by atoms with Crippen molar-refractivity contribution in [1.82, 2.24) is 4.90 Å². The third-order valence-corrected chi connectivity index (χ3v) is 7.88. The number of hydrogen-bond acceptors (Lipinski definition) is 6. The zero-order valence-electron chi connectivity index (χ0n) is 15.0. The Morgan fingerprint density at radius 2 is 2.16 bits per heavy atom. The van der Waals surface area contributed by atoms with Crippen LogP contribution in [-0.4, -0.2) is 48.0 Å². The highest BCUT2D eigenvalue weighted by atomic mass is 16.7. The van der Waals surface area contributed by atoms with E-state index in [1.54, 1.807) is 14.0 Å². The molecule has 6 heteroatoms. The van der Waals surface area contributed by atoms with Gasteiger partial charge in [0.15, 0.2) is 5.76 Å². The maximum atomic E-state index is 12.1. The van der Waals surface area contributed by atoms with E-state index >= 15 is 0 Å². The highest BCUT2D eigenvalue weighted by molar-refractivity contribution is 5.93.